The van der Waals surface area contributed by atoms with Gasteiger partial charge in [-0.05, 0) is 86.6 Å². The van der Waals surface area contributed by atoms with Gasteiger partial charge in [0, 0.05) is 20.8 Å². The fraction of sp³-hybridized carbons (Fsp3) is 0.321. The number of benzene rings is 3. The van der Waals surface area contributed by atoms with Crippen molar-refractivity contribution in [1.29, 1.82) is 0 Å². The van der Waals surface area contributed by atoms with Gasteiger partial charge in [0.25, 0.3) is 0 Å². The molecule has 0 amide bonds. The Balaban J connectivity index is 0.00000228. The summed E-state index contributed by atoms with van der Waals surface area (Å²) in [6.45, 7) is 7.63. The Bertz CT molecular complexity index is 1260. The van der Waals surface area contributed by atoms with Gasteiger partial charge >= 0.3 is 0 Å². The minimum Gasteiger partial charge on any atom is -0.497 e. The van der Waals surface area contributed by atoms with Crippen molar-refractivity contribution in [2.75, 3.05) is 32.1 Å². The van der Waals surface area contributed by atoms with E-state index in [1.54, 1.807) is 7.11 Å². The van der Waals surface area contributed by atoms with E-state index >= 15 is 0 Å². The highest BCUT2D eigenvalue weighted by Crippen LogP contribution is 2.37. The van der Waals surface area contributed by atoms with Crippen molar-refractivity contribution in [1.82, 2.24) is 9.88 Å². The Hall–Kier alpha value is -1.95. The maximum Gasteiger partial charge on any atom is 0.119 e. The number of ether oxygens (including phenoxy) is 1. The van der Waals surface area contributed by atoms with E-state index in [-0.39, 0.29) is 30.9 Å². The van der Waals surface area contributed by atoms with E-state index in [9.17, 15) is 0 Å². The summed E-state index contributed by atoms with van der Waals surface area (Å²) < 4.78 is 5.53. The van der Waals surface area contributed by atoms with Crippen molar-refractivity contribution in [2.45, 2.75) is 32.7 Å². The van der Waals surface area contributed by atoms with Gasteiger partial charge in [-0.2, -0.15) is 0 Å². The zero-order chi connectivity index (χ0) is 24.1. The van der Waals surface area contributed by atoms with Gasteiger partial charge in [-0.25, -0.2) is 4.98 Å². The molecule has 0 aliphatic rings. The van der Waals surface area contributed by atoms with Gasteiger partial charge in [0.1, 0.15) is 5.75 Å². The Morgan fingerprint density at radius 3 is 2.22 bits per heavy atom. The van der Waals surface area contributed by atoms with Crippen LogP contribution in [0.1, 0.15) is 38.3 Å². The third-order valence-corrected chi connectivity index (χ3v) is 6.88. The predicted octanol–water partition coefficient (Wildman–Crippen LogP) is 8.82. The van der Waals surface area contributed by atoms with Crippen molar-refractivity contribution in [2.24, 2.45) is 0 Å². The van der Waals surface area contributed by atoms with Gasteiger partial charge in [0.05, 0.1) is 29.9 Å². The average molecular weight is 569 g/mol. The van der Waals surface area contributed by atoms with E-state index in [1.165, 1.54) is 5.56 Å². The molecule has 194 valence electrons. The first-order valence-corrected chi connectivity index (χ1v) is 12.6. The summed E-state index contributed by atoms with van der Waals surface area (Å²) in [7, 11) is 1.69. The van der Waals surface area contributed by atoms with E-state index < -0.39 is 0 Å². The molecule has 4 rings (SSSR count). The number of halogens is 4. The van der Waals surface area contributed by atoms with Gasteiger partial charge in [-0.3, -0.25) is 0 Å². The van der Waals surface area contributed by atoms with Crippen LogP contribution in [0, 0.1) is 0 Å². The van der Waals surface area contributed by atoms with Gasteiger partial charge < -0.3 is 15.0 Å². The summed E-state index contributed by atoms with van der Waals surface area (Å²) in [5.74, 6) is 0.801. The summed E-state index contributed by atoms with van der Waals surface area (Å²) in [5.41, 5.74) is 4.01. The number of pyridine rings is 1. The number of rotatable bonds is 10. The summed E-state index contributed by atoms with van der Waals surface area (Å²) in [4.78, 5) is 7.33. The zero-order valence-corrected chi connectivity index (χ0v) is 23.9. The van der Waals surface area contributed by atoms with Crippen LogP contribution in [0.15, 0.2) is 60.7 Å². The van der Waals surface area contributed by atoms with Crippen LogP contribution in [-0.4, -0.2) is 36.6 Å². The van der Waals surface area contributed by atoms with E-state index in [1.807, 2.05) is 48.5 Å². The standard InChI is InChI=1S/C28H31Cl2N3O.2ClH/c1-4-33(5-2)16-6-7-25(19-8-10-20(29)11-9-19)32-28-23-14-12-21(30)17-27(23)31-26-15-13-22(34-3)18-24(26)28;;/h8-15,17-18,25H,4-7,16H2,1-3H3,(H,31,32);2*1H. The summed E-state index contributed by atoms with van der Waals surface area (Å²) in [6, 6.07) is 20.1. The molecule has 1 unspecified atom stereocenters. The van der Waals surface area contributed by atoms with Crippen LogP contribution in [0.4, 0.5) is 5.69 Å². The molecular weight excluding hydrogens is 536 g/mol. The Kier molecular flexibility index (Phi) is 11.9. The molecule has 1 aromatic heterocycles. The highest BCUT2D eigenvalue weighted by Gasteiger charge is 2.17. The van der Waals surface area contributed by atoms with Crippen LogP contribution >= 0.6 is 48.0 Å². The highest BCUT2D eigenvalue weighted by molar-refractivity contribution is 6.31. The number of hydrogen-bond donors (Lipinski definition) is 1. The number of anilines is 1. The molecule has 0 aliphatic heterocycles. The molecule has 1 N–H and O–H groups in total. The maximum absolute atomic E-state index is 6.31. The third-order valence-electron chi connectivity index (χ3n) is 6.40. The molecular formula is C28H33Cl4N3O. The molecule has 0 saturated carbocycles. The molecule has 1 heterocycles. The molecule has 8 heteroatoms. The first-order valence-electron chi connectivity index (χ1n) is 11.8. The summed E-state index contributed by atoms with van der Waals surface area (Å²) in [6.07, 6.45) is 2.07. The first-order chi connectivity index (χ1) is 16.5. The zero-order valence-electron chi connectivity index (χ0n) is 20.8. The Morgan fingerprint density at radius 1 is 0.861 bits per heavy atom. The summed E-state index contributed by atoms with van der Waals surface area (Å²) in [5, 5.41) is 7.36. The van der Waals surface area contributed by atoms with Crippen LogP contribution in [-0.2, 0) is 0 Å². The van der Waals surface area contributed by atoms with Crippen molar-refractivity contribution in [3.63, 3.8) is 0 Å². The smallest absolute Gasteiger partial charge is 0.119 e. The van der Waals surface area contributed by atoms with Gasteiger partial charge in [-0.1, -0.05) is 49.2 Å². The third kappa shape index (κ3) is 7.08. The van der Waals surface area contributed by atoms with Gasteiger partial charge in [-0.15, -0.1) is 24.8 Å². The molecule has 0 saturated heterocycles. The van der Waals surface area contributed by atoms with Crippen LogP contribution in [0.2, 0.25) is 10.0 Å². The number of fused-ring (bicyclic) bond motifs is 2. The van der Waals surface area contributed by atoms with E-state index in [4.69, 9.17) is 32.9 Å². The lowest BCUT2D eigenvalue weighted by Gasteiger charge is -2.25. The van der Waals surface area contributed by atoms with E-state index in [0.717, 1.165) is 70.7 Å². The topological polar surface area (TPSA) is 37.4 Å². The number of hydrogen-bond acceptors (Lipinski definition) is 4. The molecule has 0 fully saturated rings. The lowest BCUT2D eigenvalue weighted by molar-refractivity contribution is 0.294. The maximum atomic E-state index is 6.31. The molecule has 1 atom stereocenters. The molecule has 36 heavy (non-hydrogen) atoms. The quantitative estimate of drug-likeness (QED) is 0.194. The van der Waals surface area contributed by atoms with Gasteiger partial charge in [0.2, 0.25) is 0 Å². The molecule has 3 aromatic carbocycles. The SMILES string of the molecule is CCN(CC)CCCC(Nc1c2ccc(Cl)cc2nc2ccc(OC)cc12)c1ccc(Cl)cc1.Cl.Cl. The second-order valence-electron chi connectivity index (χ2n) is 8.45. The Labute approximate surface area is 236 Å². The van der Waals surface area contributed by atoms with Crippen LogP contribution in [0.25, 0.3) is 21.8 Å². The van der Waals surface area contributed by atoms with Crippen molar-refractivity contribution >= 4 is 75.5 Å². The molecule has 0 bridgehead atoms. The Morgan fingerprint density at radius 2 is 1.56 bits per heavy atom. The van der Waals surface area contributed by atoms with Gasteiger partial charge in [0.15, 0.2) is 0 Å². The van der Waals surface area contributed by atoms with Crippen molar-refractivity contribution < 1.29 is 4.74 Å². The minimum atomic E-state index is 0. The molecule has 0 spiro atoms. The number of methoxy groups -OCH3 is 1. The van der Waals surface area contributed by atoms with Crippen molar-refractivity contribution in [3.8, 4) is 5.75 Å². The molecule has 4 nitrogen and oxygen atoms in total. The predicted molar refractivity (Wildman–Crippen MR) is 160 cm³/mol. The minimum absolute atomic E-state index is 0. The fourth-order valence-electron chi connectivity index (χ4n) is 4.43. The number of aromatic nitrogens is 1. The highest BCUT2D eigenvalue weighted by atomic mass is 35.5. The molecule has 4 aromatic rings. The number of nitrogens with zero attached hydrogens (tertiary/aromatic N) is 2. The average Bonchev–Trinajstić information content (AvgIpc) is 2.85. The largest absolute Gasteiger partial charge is 0.497 e. The van der Waals surface area contributed by atoms with Crippen molar-refractivity contribution in [3.05, 3.63) is 76.3 Å². The lowest BCUT2D eigenvalue weighted by Crippen LogP contribution is -2.25. The molecule has 0 aliphatic carbocycles. The fourth-order valence-corrected chi connectivity index (χ4v) is 4.72. The van der Waals surface area contributed by atoms with Crippen LogP contribution < -0.4 is 10.1 Å². The molecule has 0 radical (unpaired) electrons. The van der Waals surface area contributed by atoms with E-state index in [0.29, 0.717) is 5.02 Å². The van der Waals surface area contributed by atoms with Crippen LogP contribution in [0.5, 0.6) is 5.75 Å². The lowest BCUT2D eigenvalue weighted by atomic mass is 9.99. The number of nitrogens with one attached hydrogen (secondary N) is 1. The second kappa shape index (κ2) is 14.1. The van der Waals surface area contributed by atoms with Crippen LogP contribution in [0.3, 0.4) is 0 Å². The monoisotopic (exact) mass is 567 g/mol. The first kappa shape index (κ1) is 30.3. The summed E-state index contributed by atoms with van der Waals surface area (Å²) >= 11 is 12.5. The normalized spacial score (nSPS) is 11.7. The second-order valence-corrected chi connectivity index (χ2v) is 9.32. The van der Waals surface area contributed by atoms with E-state index in [2.05, 4.69) is 36.2 Å².